The van der Waals surface area contributed by atoms with Crippen molar-refractivity contribution < 1.29 is 33.4 Å². The number of phenols is 1. The summed E-state index contributed by atoms with van der Waals surface area (Å²) in [5.74, 6) is -5.88. The monoisotopic (exact) mass is 513 g/mol. The Morgan fingerprint density at radius 2 is 1.95 bits per heavy atom. The number of carbonyl (C=O) groups is 4. The van der Waals surface area contributed by atoms with Gasteiger partial charge < -0.3 is 20.5 Å². The number of hydrogen-bond acceptors (Lipinski definition) is 8. The molecule has 1 aromatic rings. The average molecular weight is 514 g/mol. The molecule has 1 heterocycles. The van der Waals surface area contributed by atoms with Gasteiger partial charge in [0.05, 0.1) is 29.7 Å². The van der Waals surface area contributed by atoms with Gasteiger partial charge in [-0.15, -0.1) is 0 Å². The zero-order valence-electron chi connectivity index (χ0n) is 21.5. The molecule has 1 aliphatic heterocycles. The third kappa shape index (κ3) is 3.45. The lowest BCUT2D eigenvalue weighted by molar-refractivity contribution is -0.189. The van der Waals surface area contributed by atoms with Crippen molar-refractivity contribution in [3.05, 3.63) is 39.7 Å². The van der Waals surface area contributed by atoms with Crippen LogP contribution in [0.25, 0.3) is 0 Å². The van der Waals surface area contributed by atoms with E-state index in [1.165, 1.54) is 6.07 Å². The van der Waals surface area contributed by atoms with Gasteiger partial charge in [-0.25, -0.2) is 4.39 Å². The maximum atomic E-state index is 15.7. The van der Waals surface area contributed by atoms with E-state index in [2.05, 4.69) is 0 Å². The van der Waals surface area contributed by atoms with Gasteiger partial charge in [0.2, 0.25) is 0 Å². The minimum Gasteiger partial charge on any atom is -0.507 e. The predicted octanol–water partition coefficient (Wildman–Crippen LogP) is 0.997. The standard InChI is InChI=1S/C27H32FN3O6/c1-5-6-31(4)10-13-9-17(32)19-14(21(13)28)7-12-8-15-22(30(2)3)24(34)20(26(29)36)16-11-37-27(15,16)25(35)18(12)23(19)33/h9,12,15,18,22,32H,5-8,10-11H2,1-4H3,(H2,29,36). The number of primary amides is 1. The first-order valence-corrected chi connectivity index (χ1v) is 12.6. The van der Waals surface area contributed by atoms with E-state index in [0.717, 1.165) is 13.0 Å². The number of ketones is 3. The van der Waals surface area contributed by atoms with E-state index in [1.807, 2.05) is 18.9 Å². The third-order valence-corrected chi connectivity index (χ3v) is 8.55. The summed E-state index contributed by atoms with van der Waals surface area (Å²) in [7, 11) is 5.20. The van der Waals surface area contributed by atoms with E-state index in [4.69, 9.17) is 10.5 Å². The van der Waals surface area contributed by atoms with Crippen LogP contribution in [0.3, 0.4) is 0 Å². The second kappa shape index (κ2) is 8.82. The van der Waals surface area contributed by atoms with Gasteiger partial charge in [-0.1, -0.05) is 6.92 Å². The second-order valence-corrected chi connectivity index (χ2v) is 11.0. The molecule has 0 bridgehead atoms. The number of fused-ring (bicyclic) bond motifs is 2. The van der Waals surface area contributed by atoms with Gasteiger partial charge in [-0.3, -0.25) is 24.1 Å². The van der Waals surface area contributed by atoms with E-state index < -0.39 is 58.5 Å². The van der Waals surface area contributed by atoms with Crippen LogP contribution in [0.1, 0.15) is 41.3 Å². The van der Waals surface area contributed by atoms with Gasteiger partial charge in [-0.2, -0.15) is 0 Å². The number of nitrogens with two attached hydrogens (primary N) is 1. The second-order valence-electron chi connectivity index (χ2n) is 11.0. The van der Waals surface area contributed by atoms with Crippen LogP contribution in [-0.2, 0) is 32.1 Å². The van der Waals surface area contributed by atoms with Crippen LogP contribution in [0.2, 0.25) is 0 Å². The summed E-state index contributed by atoms with van der Waals surface area (Å²) in [6.07, 6.45) is 1.20. The Balaban J connectivity index is 1.61. The number of hydrogen-bond donors (Lipinski definition) is 2. The Morgan fingerprint density at radius 1 is 1.24 bits per heavy atom. The first-order valence-electron chi connectivity index (χ1n) is 12.6. The number of ether oxygens (including phenoxy) is 1. The minimum atomic E-state index is -1.60. The fourth-order valence-electron chi connectivity index (χ4n) is 7.10. The molecule has 5 rings (SSSR count). The minimum absolute atomic E-state index is 0.0743. The average Bonchev–Trinajstić information content (AvgIpc) is 2.78. The van der Waals surface area contributed by atoms with E-state index >= 15 is 4.39 Å². The van der Waals surface area contributed by atoms with E-state index in [-0.39, 0.29) is 59.6 Å². The molecule has 1 saturated heterocycles. The summed E-state index contributed by atoms with van der Waals surface area (Å²) in [4.78, 5) is 57.0. The summed E-state index contributed by atoms with van der Waals surface area (Å²) in [6, 6.07) is 0.408. The van der Waals surface area contributed by atoms with Gasteiger partial charge in [0.1, 0.15) is 11.6 Å². The molecule has 198 valence electrons. The maximum Gasteiger partial charge on any atom is 0.252 e. The van der Waals surface area contributed by atoms with Crippen molar-refractivity contribution in [1.82, 2.24) is 9.80 Å². The number of carbonyl (C=O) groups excluding carboxylic acids is 4. The molecule has 5 unspecified atom stereocenters. The Labute approximate surface area is 214 Å². The van der Waals surface area contributed by atoms with Crippen molar-refractivity contribution >= 4 is 23.3 Å². The molecule has 10 heteroatoms. The number of Topliss-reactive ketones (excluding diaryl/α,β-unsaturated/α-hetero) is 3. The number of rotatable bonds is 6. The van der Waals surface area contributed by atoms with Gasteiger partial charge in [0.15, 0.2) is 23.0 Å². The number of aromatic hydroxyl groups is 1. The highest BCUT2D eigenvalue weighted by Crippen LogP contribution is 2.57. The molecule has 1 spiro atoms. The zero-order chi connectivity index (χ0) is 27.0. The van der Waals surface area contributed by atoms with E-state index in [0.29, 0.717) is 0 Å². The molecule has 1 saturated carbocycles. The molecular formula is C27H32FN3O6. The van der Waals surface area contributed by atoms with Crippen molar-refractivity contribution in [3.63, 3.8) is 0 Å². The SMILES string of the molecule is CCCN(C)Cc1cc(O)c2c(c1F)CC1CC3C(N(C)C)C(=O)C(C(N)=O)=C4COC43C(=O)C1C2=O. The molecule has 9 nitrogen and oxygen atoms in total. The molecule has 5 atom stereocenters. The van der Waals surface area contributed by atoms with Crippen LogP contribution in [0, 0.1) is 23.6 Å². The highest BCUT2D eigenvalue weighted by molar-refractivity contribution is 6.25. The molecule has 2 fully saturated rings. The van der Waals surface area contributed by atoms with Crippen molar-refractivity contribution in [3.8, 4) is 5.75 Å². The van der Waals surface area contributed by atoms with E-state index in [1.54, 1.807) is 19.0 Å². The lowest BCUT2D eigenvalue weighted by atomic mass is 9.51. The maximum absolute atomic E-state index is 15.7. The molecular weight excluding hydrogens is 481 g/mol. The van der Waals surface area contributed by atoms with Crippen LogP contribution in [0.4, 0.5) is 4.39 Å². The van der Waals surface area contributed by atoms with Gasteiger partial charge in [-0.05, 0) is 58.9 Å². The zero-order valence-corrected chi connectivity index (χ0v) is 21.5. The lowest BCUT2D eigenvalue weighted by Crippen LogP contribution is -2.73. The highest BCUT2D eigenvalue weighted by atomic mass is 19.1. The summed E-state index contributed by atoms with van der Waals surface area (Å²) in [5.41, 5.74) is 4.19. The molecule has 4 aliphatic rings. The number of nitrogens with zero attached hydrogens (tertiary/aromatic N) is 2. The topological polar surface area (TPSA) is 130 Å². The quantitative estimate of drug-likeness (QED) is 0.426. The van der Waals surface area contributed by atoms with Gasteiger partial charge >= 0.3 is 0 Å². The van der Waals surface area contributed by atoms with Crippen molar-refractivity contribution in [2.45, 2.75) is 44.4 Å². The smallest absolute Gasteiger partial charge is 0.252 e. The number of amides is 1. The summed E-state index contributed by atoms with van der Waals surface area (Å²) < 4.78 is 21.6. The van der Waals surface area contributed by atoms with Gasteiger partial charge in [0.25, 0.3) is 5.91 Å². The number of halogens is 1. The van der Waals surface area contributed by atoms with Crippen molar-refractivity contribution in [1.29, 1.82) is 0 Å². The number of likely N-dealkylation sites (N-methyl/N-ethyl adjacent to an activating group) is 1. The molecule has 37 heavy (non-hydrogen) atoms. The first kappa shape index (κ1) is 25.7. The number of phenolic OH excluding ortho intramolecular Hbond substituents is 1. The fourth-order valence-corrected chi connectivity index (χ4v) is 7.10. The van der Waals surface area contributed by atoms with Crippen molar-refractivity contribution in [2.24, 2.45) is 23.5 Å². The van der Waals surface area contributed by atoms with Crippen LogP contribution < -0.4 is 5.73 Å². The number of benzene rings is 1. The Morgan fingerprint density at radius 3 is 2.51 bits per heavy atom. The molecule has 3 N–H and O–H groups in total. The van der Waals surface area contributed by atoms with Crippen LogP contribution in [-0.4, -0.2) is 84.1 Å². The summed E-state index contributed by atoms with van der Waals surface area (Å²) in [5, 5.41) is 10.8. The van der Waals surface area contributed by atoms with E-state index in [9.17, 15) is 24.3 Å². The van der Waals surface area contributed by atoms with Crippen LogP contribution in [0.5, 0.6) is 5.75 Å². The molecule has 1 amide bonds. The summed E-state index contributed by atoms with van der Waals surface area (Å²) in [6.45, 7) is 2.92. The molecule has 1 aromatic carbocycles. The lowest BCUT2D eigenvalue weighted by Gasteiger charge is -2.59. The Bertz CT molecular complexity index is 1270. The fraction of sp³-hybridized carbons (Fsp3) is 0.556. The van der Waals surface area contributed by atoms with Crippen LogP contribution in [0.15, 0.2) is 17.2 Å². The normalized spacial score (nSPS) is 30.6. The molecule has 0 radical (unpaired) electrons. The Kier molecular flexibility index (Phi) is 6.12. The van der Waals surface area contributed by atoms with Crippen molar-refractivity contribution in [2.75, 3.05) is 34.3 Å². The Hall–Kier alpha value is -2.95. The first-order chi connectivity index (χ1) is 17.4. The largest absolute Gasteiger partial charge is 0.507 e. The third-order valence-electron chi connectivity index (χ3n) is 8.55. The molecule has 0 aromatic heterocycles. The predicted molar refractivity (Wildman–Crippen MR) is 130 cm³/mol. The molecule has 3 aliphatic carbocycles. The van der Waals surface area contributed by atoms with Gasteiger partial charge in [0, 0.05) is 29.2 Å². The highest BCUT2D eigenvalue weighted by Gasteiger charge is 2.70. The van der Waals surface area contributed by atoms with Crippen LogP contribution >= 0.6 is 0 Å². The summed E-state index contributed by atoms with van der Waals surface area (Å²) >= 11 is 0.